The van der Waals surface area contributed by atoms with Gasteiger partial charge in [-0.1, -0.05) is 18.9 Å². The van der Waals surface area contributed by atoms with Gasteiger partial charge in [0.25, 0.3) is 0 Å². The lowest BCUT2D eigenvalue weighted by Crippen LogP contribution is -2.29. The number of aromatic nitrogens is 2. The zero-order valence-corrected chi connectivity index (χ0v) is 11.4. The summed E-state index contributed by atoms with van der Waals surface area (Å²) in [5, 5.41) is 8.19. The number of aryl methyl sites for hydroxylation is 2. The minimum Gasteiger partial charge on any atom is -0.271 e. The number of nitrogens with one attached hydrogen (secondary N) is 1. The highest BCUT2D eigenvalue weighted by Gasteiger charge is 2.13. The summed E-state index contributed by atoms with van der Waals surface area (Å²) < 4.78 is 0. The van der Waals surface area contributed by atoms with E-state index >= 15 is 0 Å². The van der Waals surface area contributed by atoms with E-state index in [1.54, 1.807) is 0 Å². The van der Waals surface area contributed by atoms with E-state index < -0.39 is 0 Å². The molecular formula is C14H24N4. The first-order valence-corrected chi connectivity index (χ1v) is 6.57. The Morgan fingerprint density at radius 3 is 2.78 bits per heavy atom. The van der Waals surface area contributed by atoms with Gasteiger partial charge >= 0.3 is 0 Å². The van der Waals surface area contributed by atoms with E-state index in [-0.39, 0.29) is 6.04 Å². The van der Waals surface area contributed by atoms with Crippen molar-refractivity contribution in [3.63, 3.8) is 0 Å². The molecule has 0 aromatic carbocycles. The number of unbranched alkanes of at least 4 members (excludes halogenated alkanes) is 3. The van der Waals surface area contributed by atoms with E-state index in [4.69, 9.17) is 5.84 Å². The predicted molar refractivity (Wildman–Crippen MR) is 74.9 cm³/mol. The van der Waals surface area contributed by atoms with Crippen molar-refractivity contribution in [2.24, 2.45) is 5.84 Å². The van der Waals surface area contributed by atoms with Gasteiger partial charge in [-0.25, -0.2) is 0 Å². The fraction of sp³-hybridized carbons (Fsp3) is 0.571. The van der Waals surface area contributed by atoms with Gasteiger partial charge in [0.05, 0.1) is 11.4 Å². The van der Waals surface area contributed by atoms with Gasteiger partial charge in [0.2, 0.25) is 0 Å². The Hall–Kier alpha value is -1.26. The third kappa shape index (κ3) is 4.55. The minimum absolute atomic E-state index is 0.169. The topological polar surface area (TPSA) is 63.8 Å². The molecule has 0 bridgehead atoms. The Kier molecular flexibility index (Phi) is 6.54. The molecule has 4 nitrogen and oxygen atoms in total. The number of nitrogens with zero attached hydrogens (tertiary/aromatic N) is 2. The lowest BCUT2D eigenvalue weighted by Gasteiger charge is -2.17. The predicted octanol–water partition coefficient (Wildman–Crippen LogP) is 2.73. The molecule has 1 heterocycles. The van der Waals surface area contributed by atoms with Crippen LogP contribution in [0.25, 0.3) is 0 Å². The van der Waals surface area contributed by atoms with Crippen LogP contribution in [0, 0.1) is 13.8 Å². The van der Waals surface area contributed by atoms with Crippen LogP contribution in [0.3, 0.4) is 0 Å². The molecule has 0 fully saturated rings. The van der Waals surface area contributed by atoms with E-state index in [0.717, 1.165) is 36.2 Å². The molecule has 0 radical (unpaired) electrons. The molecule has 0 aliphatic carbocycles. The fourth-order valence-electron chi connectivity index (χ4n) is 2.07. The van der Waals surface area contributed by atoms with Crippen molar-refractivity contribution < 1.29 is 0 Å². The van der Waals surface area contributed by atoms with Crippen molar-refractivity contribution in [1.82, 2.24) is 15.6 Å². The van der Waals surface area contributed by atoms with Crippen molar-refractivity contribution in [2.75, 3.05) is 0 Å². The molecule has 18 heavy (non-hydrogen) atoms. The first kappa shape index (κ1) is 14.8. The number of nitrogens with two attached hydrogens (primary N) is 1. The minimum atomic E-state index is 0.169. The molecule has 1 aromatic heterocycles. The van der Waals surface area contributed by atoms with E-state index in [2.05, 4.69) is 28.3 Å². The molecule has 3 N–H and O–H groups in total. The van der Waals surface area contributed by atoms with Gasteiger partial charge in [0.15, 0.2) is 0 Å². The number of hydrogen-bond acceptors (Lipinski definition) is 4. The molecule has 0 spiro atoms. The van der Waals surface area contributed by atoms with Gasteiger partial charge in [0, 0.05) is 6.04 Å². The van der Waals surface area contributed by atoms with Crippen molar-refractivity contribution in [3.8, 4) is 0 Å². The maximum Gasteiger partial charge on any atom is 0.0648 e. The third-order valence-corrected chi connectivity index (χ3v) is 3.12. The van der Waals surface area contributed by atoms with E-state index in [9.17, 15) is 0 Å². The standard InChI is InChI=1S/C14H24N4/c1-4-5-6-7-8-9-14(16-15)13-10-11(2)17-18-12(13)3/h4,10,14,16H,1,5-9,15H2,2-3H3. The van der Waals surface area contributed by atoms with Crippen LogP contribution in [0.5, 0.6) is 0 Å². The summed E-state index contributed by atoms with van der Waals surface area (Å²) in [6.45, 7) is 7.66. The number of hydrazine groups is 1. The maximum absolute atomic E-state index is 5.65. The second-order valence-electron chi connectivity index (χ2n) is 4.67. The van der Waals surface area contributed by atoms with Gasteiger partial charge in [-0.2, -0.15) is 10.2 Å². The summed E-state index contributed by atoms with van der Waals surface area (Å²) >= 11 is 0. The molecule has 1 atom stereocenters. The Bertz CT molecular complexity index is 376. The monoisotopic (exact) mass is 248 g/mol. The number of allylic oxidation sites excluding steroid dienone is 1. The Morgan fingerprint density at radius 1 is 1.33 bits per heavy atom. The average Bonchev–Trinajstić information content (AvgIpc) is 2.37. The Balaban J connectivity index is 2.54. The molecule has 0 amide bonds. The van der Waals surface area contributed by atoms with E-state index in [1.165, 1.54) is 12.8 Å². The lowest BCUT2D eigenvalue weighted by molar-refractivity contribution is 0.479. The fourth-order valence-corrected chi connectivity index (χ4v) is 2.07. The highest BCUT2D eigenvalue weighted by atomic mass is 15.2. The van der Waals surface area contributed by atoms with Gasteiger partial charge in [0.1, 0.15) is 0 Å². The first-order valence-electron chi connectivity index (χ1n) is 6.57. The van der Waals surface area contributed by atoms with Crippen LogP contribution >= 0.6 is 0 Å². The second kappa shape index (κ2) is 7.95. The summed E-state index contributed by atoms with van der Waals surface area (Å²) in [5.74, 6) is 5.65. The molecule has 0 saturated carbocycles. The summed E-state index contributed by atoms with van der Waals surface area (Å²) in [7, 11) is 0. The average molecular weight is 248 g/mol. The lowest BCUT2D eigenvalue weighted by atomic mass is 9.99. The maximum atomic E-state index is 5.65. The Labute approximate surface area is 110 Å². The SMILES string of the molecule is C=CCCCCCC(NN)c1cc(C)nnc1C. The van der Waals surface area contributed by atoms with E-state index in [1.807, 2.05) is 19.9 Å². The number of rotatable bonds is 8. The smallest absolute Gasteiger partial charge is 0.0648 e. The molecule has 1 rings (SSSR count). The molecule has 0 saturated heterocycles. The highest BCUT2D eigenvalue weighted by Crippen LogP contribution is 2.21. The molecule has 0 aliphatic rings. The Morgan fingerprint density at radius 2 is 2.11 bits per heavy atom. The van der Waals surface area contributed by atoms with Crippen molar-refractivity contribution in [3.05, 3.63) is 35.7 Å². The van der Waals surface area contributed by atoms with Crippen LogP contribution < -0.4 is 11.3 Å². The molecule has 100 valence electrons. The second-order valence-corrected chi connectivity index (χ2v) is 4.67. The summed E-state index contributed by atoms with van der Waals surface area (Å²) in [6.07, 6.45) is 7.66. The van der Waals surface area contributed by atoms with Crippen LogP contribution in [0.4, 0.5) is 0 Å². The highest BCUT2D eigenvalue weighted by molar-refractivity contribution is 5.23. The quantitative estimate of drug-likeness (QED) is 0.321. The van der Waals surface area contributed by atoms with Crippen LogP contribution in [-0.4, -0.2) is 10.2 Å². The van der Waals surface area contributed by atoms with Crippen molar-refractivity contribution in [1.29, 1.82) is 0 Å². The largest absolute Gasteiger partial charge is 0.271 e. The summed E-state index contributed by atoms with van der Waals surface area (Å²) in [4.78, 5) is 0. The molecule has 4 heteroatoms. The van der Waals surface area contributed by atoms with Gasteiger partial charge < -0.3 is 0 Å². The van der Waals surface area contributed by atoms with Crippen LogP contribution in [0.1, 0.15) is 55.1 Å². The normalized spacial score (nSPS) is 12.4. The molecule has 0 aliphatic heterocycles. The molecule has 1 aromatic rings. The first-order chi connectivity index (χ1) is 8.69. The van der Waals surface area contributed by atoms with Crippen LogP contribution in [0.15, 0.2) is 18.7 Å². The van der Waals surface area contributed by atoms with Crippen molar-refractivity contribution >= 4 is 0 Å². The third-order valence-electron chi connectivity index (χ3n) is 3.12. The summed E-state index contributed by atoms with van der Waals surface area (Å²) in [6, 6.07) is 2.24. The van der Waals surface area contributed by atoms with Gasteiger partial charge in [-0.05, 0) is 44.7 Å². The van der Waals surface area contributed by atoms with Crippen LogP contribution in [0.2, 0.25) is 0 Å². The molecular weight excluding hydrogens is 224 g/mol. The van der Waals surface area contributed by atoms with Gasteiger partial charge in [-0.3, -0.25) is 11.3 Å². The zero-order chi connectivity index (χ0) is 13.4. The van der Waals surface area contributed by atoms with E-state index in [0.29, 0.717) is 0 Å². The summed E-state index contributed by atoms with van der Waals surface area (Å²) in [5.41, 5.74) is 5.94. The van der Waals surface area contributed by atoms with Crippen LogP contribution in [-0.2, 0) is 0 Å². The zero-order valence-electron chi connectivity index (χ0n) is 11.4. The van der Waals surface area contributed by atoms with Gasteiger partial charge in [-0.15, -0.1) is 6.58 Å². The molecule has 1 unspecified atom stereocenters. The number of hydrogen-bond donors (Lipinski definition) is 2. The van der Waals surface area contributed by atoms with Crippen molar-refractivity contribution in [2.45, 2.75) is 52.0 Å².